The normalized spacial score (nSPS) is 12.2. The summed E-state index contributed by atoms with van der Waals surface area (Å²) in [5, 5.41) is 0. The Hall–Kier alpha value is -2.36. The van der Waals surface area contributed by atoms with Crippen LogP contribution in [-0.4, -0.2) is 14.2 Å². The van der Waals surface area contributed by atoms with Gasteiger partial charge < -0.3 is 0 Å². The minimum Gasteiger partial charge on any atom is -0.250 e. The van der Waals surface area contributed by atoms with Crippen LogP contribution in [0.4, 0.5) is 5.69 Å². The highest BCUT2D eigenvalue weighted by Crippen LogP contribution is 2.17. The number of aryl methyl sites for hydroxylation is 2. The summed E-state index contributed by atoms with van der Waals surface area (Å²) in [7, 11) is 1.97. The highest BCUT2D eigenvalue weighted by atomic mass is 15.4. The lowest BCUT2D eigenvalue weighted by molar-refractivity contribution is 0.663. The second-order valence-corrected chi connectivity index (χ2v) is 4.43. The van der Waals surface area contributed by atoms with Crippen LogP contribution in [0.3, 0.4) is 0 Å². The number of pyridine rings is 1. The Kier molecular flexibility index (Phi) is 2.91. The van der Waals surface area contributed by atoms with E-state index < -0.39 is 0 Å². The third-order valence-corrected chi connectivity index (χ3v) is 3.24. The van der Waals surface area contributed by atoms with Gasteiger partial charge in [-0.25, -0.2) is 14.2 Å². The molecule has 0 N–H and O–H groups in total. The quantitative estimate of drug-likeness (QED) is 0.690. The number of nitrogens with zero attached hydrogens (tertiary/aromatic N) is 4. The summed E-state index contributed by atoms with van der Waals surface area (Å²) in [6.45, 7) is 2.14. The fourth-order valence-corrected chi connectivity index (χ4v) is 2.16. The predicted molar refractivity (Wildman–Crippen MR) is 75.2 cm³/mol. The van der Waals surface area contributed by atoms with Crippen molar-refractivity contribution in [1.82, 2.24) is 14.2 Å². The molecule has 2 aromatic heterocycles. The monoisotopic (exact) mass is 252 g/mol. The summed E-state index contributed by atoms with van der Waals surface area (Å²) in [5.41, 5.74) is 3.84. The first-order valence-corrected chi connectivity index (χ1v) is 6.42. The van der Waals surface area contributed by atoms with Crippen molar-refractivity contribution in [3.63, 3.8) is 0 Å². The van der Waals surface area contributed by atoms with Crippen LogP contribution in [0, 0.1) is 0 Å². The first kappa shape index (κ1) is 11.7. The first-order valence-electron chi connectivity index (χ1n) is 6.42. The summed E-state index contributed by atoms with van der Waals surface area (Å²) in [4.78, 5) is 9.22. The van der Waals surface area contributed by atoms with Crippen LogP contribution in [0.1, 0.15) is 12.5 Å². The fourth-order valence-electron chi connectivity index (χ4n) is 2.16. The maximum atomic E-state index is 4.68. The Balaban J connectivity index is 2.23. The van der Waals surface area contributed by atoms with E-state index in [9.17, 15) is 0 Å². The topological polar surface area (TPSA) is 34.6 Å². The van der Waals surface area contributed by atoms with Gasteiger partial charge in [-0.1, -0.05) is 31.2 Å². The van der Waals surface area contributed by atoms with Gasteiger partial charge >= 0.3 is 0 Å². The van der Waals surface area contributed by atoms with Gasteiger partial charge in [-0.05, 0) is 30.2 Å². The molecule has 0 atom stereocenters. The van der Waals surface area contributed by atoms with Gasteiger partial charge in [0, 0.05) is 13.2 Å². The van der Waals surface area contributed by atoms with Crippen molar-refractivity contribution in [1.29, 1.82) is 0 Å². The van der Waals surface area contributed by atoms with Gasteiger partial charge in [-0.3, -0.25) is 0 Å². The van der Waals surface area contributed by atoms with Crippen molar-refractivity contribution in [2.75, 3.05) is 0 Å². The van der Waals surface area contributed by atoms with E-state index >= 15 is 0 Å². The number of fused-ring (bicyclic) bond motifs is 1. The molecule has 0 saturated carbocycles. The SMILES string of the molecule is CCc1ccccc1N=c1nc2ccccn2n1C. The van der Waals surface area contributed by atoms with E-state index in [1.165, 1.54) is 5.56 Å². The number of para-hydroxylation sites is 1. The van der Waals surface area contributed by atoms with Gasteiger partial charge in [-0.15, -0.1) is 0 Å². The summed E-state index contributed by atoms with van der Waals surface area (Å²) >= 11 is 0. The molecule has 0 amide bonds. The van der Waals surface area contributed by atoms with Crippen molar-refractivity contribution >= 4 is 11.3 Å². The second kappa shape index (κ2) is 4.72. The van der Waals surface area contributed by atoms with Crippen LogP contribution in [0.15, 0.2) is 53.7 Å². The molecule has 3 rings (SSSR count). The van der Waals surface area contributed by atoms with Crippen LogP contribution in [0.5, 0.6) is 0 Å². The third-order valence-electron chi connectivity index (χ3n) is 3.24. The van der Waals surface area contributed by atoms with Gasteiger partial charge in [0.05, 0.1) is 5.69 Å². The van der Waals surface area contributed by atoms with Gasteiger partial charge in [-0.2, -0.15) is 4.98 Å². The molecule has 2 heterocycles. The second-order valence-electron chi connectivity index (χ2n) is 4.43. The Bertz CT molecular complexity index is 780. The Morgan fingerprint density at radius 3 is 2.68 bits per heavy atom. The van der Waals surface area contributed by atoms with Gasteiger partial charge in [0.1, 0.15) is 0 Å². The molecule has 0 saturated heterocycles. The molecule has 4 nitrogen and oxygen atoms in total. The minimum absolute atomic E-state index is 0.715. The molecule has 3 aromatic rings. The maximum Gasteiger partial charge on any atom is 0.247 e. The third kappa shape index (κ3) is 2.05. The molecule has 0 aliphatic heterocycles. The van der Waals surface area contributed by atoms with Crippen LogP contribution in [0.2, 0.25) is 0 Å². The maximum absolute atomic E-state index is 4.68. The molecule has 0 bridgehead atoms. The minimum atomic E-state index is 0.715. The number of benzene rings is 1. The molecule has 0 radical (unpaired) electrons. The zero-order valence-corrected chi connectivity index (χ0v) is 11.1. The molecular formula is C15H16N4. The van der Waals surface area contributed by atoms with E-state index in [1.54, 1.807) is 0 Å². The molecule has 4 heteroatoms. The van der Waals surface area contributed by atoms with Crippen molar-refractivity contribution < 1.29 is 0 Å². The molecule has 0 fully saturated rings. The standard InChI is InChI=1S/C15H16N4/c1-3-12-8-4-5-9-13(12)16-15-17-14-10-6-7-11-19(14)18(15)2/h4-11H,3H2,1-2H3. The molecule has 0 aliphatic rings. The zero-order chi connectivity index (χ0) is 13.2. The molecule has 0 unspecified atom stereocenters. The molecule has 0 aliphatic carbocycles. The lowest BCUT2D eigenvalue weighted by Crippen LogP contribution is -2.18. The van der Waals surface area contributed by atoms with E-state index in [1.807, 2.05) is 58.8 Å². The molecule has 0 spiro atoms. The van der Waals surface area contributed by atoms with Crippen LogP contribution in [-0.2, 0) is 13.5 Å². The Morgan fingerprint density at radius 2 is 1.89 bits per heavy atom. The molecule has 19 heavy (non-hydrogen) atoms. The lowest BCUT2D eigenvalue weighted by atomic mass is 10.1. The largest absolute Gasteiger partial charge is 0.250 e. The molecule has 96 valence electrons. The summed E-state index contributed by atoms with van der Waals surface area (Å²) < 4.78 is 3.93. The smallest absolute Gasteiger partial charge is 0.247 e. The van der Waals surface area contributed by atoms with E-state index in [-0.39, 0.29) is 0 Å². The summed E-state index contributed by atoms with van der Waals surface area (Å²) in [5.74, 6) is 0. The van der Waals surface area contributed by atoms with Gasteiger partial charge in [0.2, 0.25) is 5.62 Å². The fraction of sp³-hybridized carbons (Fsp3) is 0.200. The van der Waals surface area contributed by atoms with Crippen molar-refractivity contribution in [2.45, 2.75) is 13.3 Å². The Labute approximate surface area is 111 Å². The first-order chi connectivity index (χ1) is 9.29. The van der Waals surface area contributed by atoms with Crippen LogP contribution >= 0.6 is 0 Å². The lowest BCUT2D eigenvalue weighted by Gasteiger charge is -2.01. The van der Waals surface area contributed by atoms with Crippen LogP contribution < -0.4 is 5.62 Å². The number of rotatable bonds is 2. The Morgan fingerprint density at radius 1 is 1.11 bits per heavy atom. The van der Waals surface area contributed by atoms with Crippen LogP contribution in [0.25, 0.3) is 5.65 Å². The van der Waals surface area contributed by atoms with Gasteiger partial charge in [0.15, 0.2) is 5.65 Å². The van der Waals surface area contributed by atoms with E-state index in [0.29, 0.717) is 5.62 Å². The predicted octanol–water partition coefficient (Wildman–Crippen LogP) is 2.47. The van der Waals surface area contributed by atoms with Crippen molar-refractivity contribution in [3.05, 3.63) is 59.8 Å². The van der Waals surface area contributed by atoms with Crippen molar-refractivity contribution in [3.8, 4) is 0 Å². The van der Waals surface area contributed by atoms with Crippen molar-refractivity contribution in [2.24, 2.45) is 12.0 Å². The summed E-state index contributed by atoms with van der Waals surface area (Å²) in [6, 6.07) is 14.1. The number of hydrogen-bond donors (Lipinski definition) is 0. The number of aromatic nitrogens is 3. The van der Waals surface area contributed by atoms with E-state index in [2.05, 4.69) is 23.0 Å². The average Bonchev–Trinajstić information content (AvgIpc) is 2.77. The van der Waals surface area contributed by atoms with E-state index in [4.69, 9.17) is 0 Å². The highest BCUT2D eigenvalue weighted by molar-refractivity contribution is 5.45. The average molecular weight is 252 g/mol. The van der Waals surface area contributed by atoms with E-state index in [0.717, 1.165) is 17.8 Å². The zero-order valence-electron chi connectivity index (χ0n) is 11.1. The molecular weight excluding hydrogens is 236 g/mol. The molecule has 1 aromatic carbocycles. The number of hydrogen-bond acceptors (Lipinski definition) is 2. The summed E-state index contributed by atoms with van der Waals surface area (Å²) in [6.07, 6.45) is 2.95. The highest BCUT2D eigenvalue weighted by Gasteiger charge is 2.02. The van der Waals surface area contributed by atoms with Gasteiger partial charge in [0.25, 0.3) is 0 Å².